The van der Waals surface area contributed by atoms with E-state index in [9.17, 15) is 18.8 Å². The minimum Gasteiger partial charge on any atom is -0.452 e. The van der Waals surface area contributed by atoms with E-state index in [4.69, 9.17) is 16.3 Å². The first-order valence-corrected chi connectivity index (χ1v) is 8.63. The van der Waals surface area contributed by atoms with Gasteiger partial charge in [-0.1, -0.05) is 11.6 Å². The molecule has 2 aromatic carbocycles. The van der Waals surface area contributed by atoms with Crippen molar-refractivity contribution in [3.63, 3.8) is 0 Å². The van der Waals surface area contributed by atoms with Crippen LogP contribution in [-0.2, 0) is 9.53 Å². The van der Waals surface area contributed by atoms with Crippen molar-refractivity contribution in [2.24, 2.45) is 0 Å². The Hall–Kier alpha value is -2.93. The number of hydrogen-bond donors (Lipinski definition) is 2. The van der Waals surface area contributed by atoms with Crippen molar-refractivity contribution < 1.29 is 23.5 Å². The molecule has 6 nitrogen and oxygen atoms in total. The van der Waals surface area contributed by atoms with E-state index in [2.05, 4.69) is 10.6 Å². The van der Waals surface area contributed by atoms with Gasteiger partial charge in [-0.25, -0.2) is 9.18 Å². The molecule has 0 saturated heterocycles. The molecule has 3 rings (SSSR count). The average Bonchev–Trinajstić information content (AvgIpc) is 3.44. The number of carbonyl (C=O) groups is 3. The van der Waals surface area contributed by atoms with E-state index in [1.54, 1.807) is 0 Å². The van der Waals surface area contributed by atoms with Gasteiger partial charge in [0.25, 0.3) is 11.8 Å². The highest BCUT2D eigenvalue weighted by Gasteiger charge is 2.24. The van der Waals surface area contributed by atoms with Gasteiger partial charge in [-0.3, -0.25) is 9.59 Å². The second-order valence-electron chi connectivity index (χ2n) is 6.07. The molecular weight excluding hydrogens is 375 g/mol. The second-order valence-corrected chi connectivity index (χ2v) is 6.51. The normalized spacial score (nSPS) is 13.0. The van der Waals surface area contributed by atoms with Gasteiger partial charge in [0.15, 0.2) is 6.61 Å². The van der Waals surface area contributed by atoms with Gasteiger partial charge in [-0.2, -0.15) is 0 Å². The summed E-state index contributed by atoms with van der Waals surface area (Å²) in [4.78, 5) is 36.3. The first-order chi connectivity index (χ1) is 12.9. The molecule has 0 atom stereocenters. The van der Waals surface area contributed by atoms with Crippen LogP contribution < -0.4 is 10.6 Å². The molecule has 0 spiro atoms. The summed E-state index contributed by atoms with van der Waals surface area (Å²) in [5.41, 5.74) is 0.387. The van der Waals surface area contributed by atoms with Gasteiger partial charge < -0.3 is 15.4 Å². The maximum atomic E-state index is 13.0. The Bertz CT molecular complexity index is 882. The highest BCUT2D eigenvalue weighted by Crippen LogP contribution is 2.23. The molecule has 2 N–H and O–H groups in total. The van der Waals surface area contributed by atoms with E-state index in [0.29, 0.717) is 5.02 Å². The molecule has 0 heterocycles. The smallest absolute Gasteiger partial charge is 0.340 e. The molecule has 2 aromatic rings. The lowest BCUT2D eigenvalue weighted by Gasteiger charge is -2.12. The molecule has 27 heavy (non-hydrogen) atoms. The van der Waals surface area contributed by atoms with Crippen LogP contribution >= 0.6 is 11.6 Å². The van der Waals surface area contributed by atoms with Crippen LogP contribution in [0.5, 0.6) is 0 Å². The van der Waals surface area contributed by atoms with Crippen molar-refractivity contribution in [2.75, 3.05) is 11.9 Å². The van der Waals surface area contributed by atoms with Crippen LogP contribution in [0.1, 0.15) is 33.6 Å². The van der Waals surface area contributed by atoms with Crippen molar-refractivity contribution in [3.05, 3.63) is 64.4 Å². The zero-order chi connectivity index (χ0) is 19.4. The number of ether oxygens (including phenoxy) is 1. The second kappa shape index (κ2) is 8.18. The number of benzene rings is 2. The molecule has 0 aromatic heterocycles. The number of anilines is 1. The summed E-state index contributed by atoms with van der Waals surface area (Å²) >= 11 is 5.95. The minimum absolute atomic E-state index is 0.0501. The Morgan fingerprint density at radius 3 is 2.48 bits per heavy atom. The van der Waals surface area contributed by atoms with E-state index in [0.717, 1.165) is 25.0 Å². The number of esters is 1. The topological polar surface area (TPSA) is 84.5 Å². The third-order valence-corrected chi connectivity index (χ3v) is 4.07. The number of halogens is 2. The maximum absolute atomic E-state index is 13.0. The standard InChI is InChI=1S/C19H16ClFN2O4/c20-12-3-8-15(19(26)27-10-17(24)22-14-6-7-14)16(9-12)23-18(25)11-1-4-13(21)5-2-11/h1-5,8-9,14H,6-7,10H2,(H,22,24)(H,23,25). The third-order valence-electron chi connectivity index (χ3n) is 3.83. The van der Waals surface area contributed by atoms with Gasteiger partial charge in [0.05, 0.1) is 11.3 Å². The number of rotatable bonds is 6. The predicted molar refractivity (Wildman–Crippen MR) is 97.3 cm³/mol. The summed E-state index contributed by atoms with van der Waals surface area (Å²) in [6, 6.07) is 9.35. The van der Waals surface area contributed by atoms with Crippen molar-refractivity contribution in [2.45, 2.75) is 18.9 Å². The molecule has 0 unspecified atom stereocenters. The molecule has 1 saturated carbocycles. The van der Waals surface area contributed by atoms with Gasteiger partial charge >= 0.3 is 5.97 Å². The van der Waals surface area contributed by atoms with Crippen LogP contribution in [0.15, 0.2) is 42.5 Å². The SMILES string of the molecule is O=C(COC(=O)c1ccc(Cl)cc1NC(=O)c1ccc(F)cc1)NC1CC1. The summed E-state index contributed by atoms with van der Waals surface area (Å²) in [5.74, 6) is -2.16. The summed E-state index contributed by atoms with van der Waals surface area (Å²) < 4.78 is 18.0. The number of nitrogens with one attached hydrogen (secondary N) is 2. The third kappa shape index (κ3) is 5.27. The van der Waals surface area contributed by atoms with Crippen LogP contribution in [-0.4, -0.2) is 30.4 Å². The molecule has 1 fully saturated rings. The lowest BCUT2D eigenvalue weighted by atomic mass is 10.1. The molecule has 0 aliphatic heterocycles. The molecule has 140 valence electrons. The van der Waals surface area contributed by atoms with E-state index in [1.807, 2.05) is 0 Å². The Kier molecular flexibility index (Phi) is 5.71. The van der Waals surface area contributed by atoms with Gasteiger partial charge in [-0.15, -0.1) is 0 Å². The van der Waals surface area contributed by atoms with E-state index in [1.165, 1.54) is 30.3 Å². The average molecular weight is 391 g/mol. The lowest BCUT2D eigenvalue weighted by molar-refractivity contribution is -0.124. The van der Waals surface area contributed by atoms with E-state index >= 15 is 0 Å². The largest absolute Gasteiger partial charge is 0.452 e. The zero-order valence-electron chi connectivity index (χ0n) is 14.1. The summed E-state index contributed by atoms with van der Waals surface area (Å²) in [6.07, 6.45) is 1.85. The first-order valence-electron chi connectivity index (χ1n) is 8.25. The minimum atomic E-state index is -0.771. The monoisotopic (exact) mass is 390 g/mol. The first kappa shape index (κ1) is 18.8. The van der Waals surface area contributed by atoms with Crippen LogP contribution in [0.3, 0.4) is 0 Å². The zero-order valence-corrected chi connectivity index (χ0v) is 14.9. The quantitative estimate of drug-likeness (QED) is 0.742. The van der Waals surface area contributed by atoms with Crippen molar-refractivity contribution >= 4 is 35.1 Å². The summed E-state index contributed by atoms with van der Waals surface area (Å²) in [6.45, 7) is -0.413. The highest BCUT2D eigenvalue weighted by molar-refractivity contribution is 6.31. The van der Waals surface area contributed by atoms with Gasteiger partial charge in [0, 0.05) is 16.6 Å². The van der Waals surface area contributed by atoms with Crippen LogP contribution in [0.2, 0.25) is 5.02 Å². The van der Waals surface area contributed by atoms with Gasteiger partial charge in [-0.05, 0) is 55.3 Å². The lowest BCUT2D eigenvalue weighted by Crippen LogP contribution is -2.30. The predicted octanol–water partition coefficient (Wildman–Crippen LogP) is 3.17. The van der Waals surface area contributed by atoms with E-state index < -0.39 is 24.3 Å². The molecule has 0 bridgehead atoms. The summed E-state index contributed by atoms with van der Waals surface area (Å²) in [5, 5.41) is 5.55. The Morgan fingerprint density at radius 2 is 1.81 bits per heavy atom. The molecular formula is C19H16ClFN2O4. The fourth-order valence-corrected chi connectivity index (χ4v) is 2.47. The molecule has 1 aliphatic carbocycles. The molecule has 8 heteroatoms. The number of carbonyl (C=O) groups excluding carboxylic acids is 3. The Balaban J connectivity index is 1.69. The van der Waals surface area contributed by atoms with Crippen molar-refractivity contribution in [1.29, 1.82) is 0 Å². The van der Waals surface area contributed by atoms with Gasteiger partial charge in [0.2, 0.25) is 0 Å². The van der Waals surface area contributed by atoms with Crippen LogP contribution in [0.25, 0.3) is 0 Å². The van der Waals surface area contributed by atoms with E-state index in [-0.39, 0.29) is 28.8 Å². The highest BCUT2D eigenvalue weighted by atomic mass is 35.5. The van der Waals surface area contributed by atoms with Crippen molar-refractivity contribution in [3.8, 4) is 0 Å². The van der Waals surface area contributed by atoms with Crippen molar-refractivity contribution in [1.82, 2.24) is 5.32 Å². The molecule has 0 radical (unpaired) electrons. The van der Waals surface area contributed by atoms with Gasteiger partial charge in [0.1, 0.15) is 5.82 Å². The summed E-state index contributed by atoms with van der Waals surface area (Å²) in [7, 11) is 0. The van der Waals surface area contributed by atoms with Crippen LogP contribution in [0.4, 0.5) is 10.1 Å². The fourth-order valence-electron chi connectivity index (χ4n) is 2.30. The fraction of sp³-hybridized carbons (Fsp3) is 0.211. The number of amides is 2. The molecule has 1 aliphatic rings. The number of hydrogen-bond acceptors (Lipinski definition) is 4. The maximum Gasteiger partial charge on any atom is 0.340 e. The Morgan fingerprint density at radius 1 is 1.11 bits per heavy atom. The van der Waals surface area contributed by atoms with Crippen LogP contribution in [0, 0.1) is 5.82 Å². The molecule has 2 amide bonds. The Labute approximate surface area is 159 Å².